The highest BCUT2D eigenvalue weighted by atomic mass is 31.2. The molecule has 56 heavy (non-hydrogen) atoms. The summed E-state index contributed by atoms with van der Waals surface area (Å²) in [6.07, 6.45) is 0. The van der Waals surface area contributed by atoms with Gasteiger partial charge in [0.1, 0.15) is 0 Å². The maximum Gasteiger partial charge on any atom is 0.171 e. The first-order valence-electron chi connectivity index (χ1n) is 18.8. The highest BCUT2D eigenvalue weighted by Crippen LogP contribution is 2.48. The van der Waals surface area contributed by atoms with E-state index >= 15 is 9.13 Å². The Bertz CT molecular complexity index is 2890. The molecule has 266 valence electrons. The normalized spacial score (nSPS) is 12.1. The van der Waals surface area contributed by atoms with Crippen LogP contribution in [-0.4, -0.2) is 4.98 Å². The molecule has 0 radical (unpaired) electrons. The van der Waals surface area contributed by atoms with Gasteiger partial charge >= 0.3 is 0 Å². The molecule has 10 aromatic rings. The monoisotopic (exact) mass is 755 g/mol. The van der Waals surface area contributed by atoms with Crippen molar-refractivity contribution in [1.29, 1.82) is 0 Å². The lowest BCUT2D eigenvalue weighted by atomic mass is 9.92. The van der Waals surface area contributed by atoms with E-state index in [0.717, 1.165) is 54.5 Å². The largest absolute Gasteiger partial charge is 0.309 e. The Kier molecular flexibility index (Phi) is 8.37. The first-order valence-corrected chi connectivity index (χ1v) is 22.2. The van der Waals surface area contributed by atoms with Gasteiger partial charge in [0, 0.05) is 58.9 Å². The van der Waals surface area contributed by atoms with Crippen molar-refractivity contribution in [3.05, 3.63) is 212 Å². The Balaban J connectivity index is 1.40. The molecule has 0 atom stereocenters. The van der Waals surface area contributed by atoms with E-state index in [1.54, 1.807) is 0 Å². The lowest BCUT2D eigenvalue weighted by Gasteiger charge is -2.26. The quantitative estimate of drug-likeness (QED) is 0.0925. The molecule has 0 aliphatic carbocycles. The van der Waals surface area contributed by atoms with Crippen molar-refractivity contribution in [1.82, 2.24) is 4.98 Å². The Labute approximate surface area is 325 Å². The molecule has 1 aromatic heterocycles. The number of aromatic nitrogens is 1. The van der Waals surface area contributed by atoms with Crippen LogP contribution in [0.5, 0.6) is 0 Å². The number of rotatable bonds is 7. The van der Waals surface area contributed by atoms with Crippen LogP contribution in [0, 0.1) is 0 Å². The molecule has 1 heterocycles. The highest BCUT2D eigenvalue weighted by molar-refractivity contribution is 7.86. The fraction of sp³-hybridized carbons (Fsp3) is 0. The van der Waals surface area contributed by atoms with Gasteiger partial charge in [0.05, 0.1) is 11.0 Å². The van der Waals surface area contributed by atoms with Gasteiger partial charge in [0.2, 0.25) is 0 Å². The second-order valence-electron chi connectivity index (χ2n) is 14.2. The molecule has 0 spiro atoms. The van der Waals surface area contributed by atoms with Crippen LogP contribution in [0.25, 0.3) is 54.5 Å². The first-order chi connectivity index (χ1) is 27.5. The lowest BCUT2D eigenvalue weighted by Crippen LogP contribution is -2.30. The minimum Gasteiger partial charge on any atom is -0.309 e. The van der Waals surface area contributed by atoms with Gasteiger partial charge in [-0.15, -0.1) is 0 Å². The molecular formula is C51H35NO2P2. The Morgan fingerprint density at radius 2 is 0.643 bits per heavy atom. The van der Waals surface area contributed by atoms with Gasteiger partial charge in [0.25, 0.3) is 0 Å². The van der Waals surface area contributed by atoms with E-state index in [1.165, 1.54) is 0 Å². The fourth-order valence-corrected chi connectivity index (χ4v) is 13.8. The van der Waals surface area contributed by atoms with Crippen LogP contribution in [0.3, 0.4) is 0 Å². The predicted molar refractivity (Wildman–Crippen MR) is 238 cm³/mol. The molecule has 0 aliphatic rings. The molecule has 0 saturated heterocycles. The second kappa shape index (κ2) is 13.7. The molecule has 5 heteroatoms. The summed E-state index contributed by atoms with van der Waals surface area (Å²) in [5.41, 5.74) is 3.57. The van der Waals surface area contributed by atoms with Crippen molar-refractivity contribution < 1.29 is 9.13 Å². The number of pyridine rings is 1. The Morgan fingerprint density at radius 3 is 1.02 bits per heavy atom. The first kappa shape index (κ1) is 34.1. The zero-order valence-corrected chi connectivity index (χ0v) is 32.2. The Hall–Kier alpha value is -6.37. The smallest absolute Gasteiger partial charge is 0.171 e. The molecule has 0 aliphatic heterocycles. The van der Waals surface area contributed by atoms with Gasteiger partial charge in [-0.3, -0.25) is 0 Å². The predicted octanol–water partition coefficient (Wildman–Crippen LogP) is 10.6. The maximum atomic E-state index is 16.3. The zero-order chi connectivity index (χ0) is 37.7. The van der Waals surface area contributed by atoms with Crippen molar-refractivity contribution in [2.75, 3.05) is 0 Å². The van der Waals surface area contributed by atoms with Crippen LogP contribution >= 0.6 is 14.3 Å². The average Bonchev–Trinajstić information content (AvgIpc) is 3.28. The maximum absolute atomic E-state index is 16.3. The summed E-state index contributed by atoms with van der Waals surface area (Å²) in [6, 6.07) is 70.4. The molecule has 0 amide bonds. The topological polar surface area (TPSA) is 47.0 Å². The van der Waals surface area contributed by atoms with Gasteiger partial charge in [-0.25, -0.2) is 4.98 Å². The molecule has 0 fully saturated rings. The van der Waals surface area contributed by atoms with Crippen LogP contribution in [0.15, 0.2) is 212 Å². The summed E-state index contributed by atoms with van der Waals surface area (Å²) >= 11 is 0. The lowest BCUT2D eigenvalue weighted by molar-refractivity contribution is 0.592. The van der Waals surface area contributed by atoms with E-state index in [1.807, 2.05) is 127 Å². The van der Waals surface area contributed by atoms with Crippen LogP contribution in [0.4, 0.5) is 0 Å². The number of hydrogen-bond acceptors (Lipinski definition) is 3. The molecule has 0 N–H and O–H groups in total. The minimum atomic E-state index is -3.54. The summed E-state index contributed by atoms with van der Waals surface area (Å²) in [5, 5.41) is 10.3. The van der Waals surface area contributed by atoms with Gasteiger partial charge in [-0.05, 0) is 34.5 Å². The standard InChI is InChI=1S/C51H35NO2P2/c53-55(39-19-5-1-6-20-39,40-21-7-2-8-22-40)43-33-38(34-44(35-43)56(54,41-23-9-3-10-24-41)42-25-11-4-12-26-42)49-47-31-29-36-17-13-15-27-45(36)50(47)52-51-46-28-16-14-18-37(46)30-32-48(49)51/h1-35H. The molecule has 3 nitrogen and oxygen atoms in total. The van der Waals surface area contributed by atoms with E-state index in [2.05, 4.69) is 84.9 Å². The van der Waals surface area contributed by atoms with Crippen molar-refractivity contribution in [3.63, 3.8) is 0 Å². The molecule has 0 saturated carbocycles. The summed E-state index contributed by atoms with van der Waals surface area (Å²) in [5.74, 6) is 0. The number of fused-ring (bicyclic) bond motifs is 6. The highest BCUT2D eigenvalue weighted by Gasteiger charge is 2.35. The number of benzene rings is 9. The molecule has 10 rings (SSSR count). The second-order valence-corrected chi connectivity index (χ2v) is 19.7. The summed E-state index contributed by atoms with van der Waals surface area (Å²) < 4.78 is 32.7. The Morgan fingerprint density at radius 1 is 0.304 bits per heavy atom. The number of nitrogens with zero attached hydrogens (tertiary/aromatic N) is 1. The fourth-order valence-electron chi connectivity index (χ4n) is 8.27. The van der Waals surface area contributed by atoms with E-state index in [-0.39, 0.29) is 0 Å². The number of hydrogen-bond donors (Lipinski definition) is 0. The van der Waals surface area contributed by atoms with E-state index < -0.39 is 14.3 Å². The zero-order valence-electron chi connectivity index (χ0n) is 30.4. The van der Waals surface area contributed by atoms with Crippen LogP contribution < -0.4 is 31.8 Å². The summed E-state index contributed by atoms with van der Waals surface area (Å²) in [6.45, 7) is 0. The molecule has 9 aromatic carbocycles. The van der Waals surface area contributed by atoms with Gasteiger partial charge in [-0.2, -0.15) is 0 Å². The van der Waals surface area contributed by atoms with E-state index in [0.29, 0.717) is 31.8 Å². The third kappa shape index (κ3) is 5.47. The van der Waals surface area contributed by atoms with Crippen molar-refractivity contribution in [2.45, 2.75) is 0 Å². The van der Waals surface area contributed by atoms with Gasteiger partial charge in [0.15, 0.2) is 14.3 Å². The van der Waals surface area contributed by atoms with Crippen LogP contribution in [-0.2, 0) is 9.13 Å². The molecular weight excluding hydrogens is 721 g/mol. The summed E-state index contributed by atoms with van der Waals surface area (Å²) in [4.78, 5) is 5.44. The van der Waals surface area contributed by atoms with Crippen molar-refractivity contribution >= 4 is 89.5 Å². The van der Waals surface area contributed by atoms with Gasteiger partial charge < -0.3 is 9.13 Å². The molecule has 0 bridgehead atoms. The van der Waals surface area contributed by atoms with Crippen molar-refractivity contribution in [3.8, 4) is 11.1 Å². The van der Waals surface area contributed by atoms with E-state index in [4.69, 9.17) is 4.98 Å². The molecule has 0 unspecified atom stereocenters. The third-order valence-corrected chi connectivity index (χ3v) is 17.0. The van der Waals surface area contributed by atoms with Crippen LogP contribution in [0.2, 0.25) is 0 Å². The van der Waals surface area contributed by atoms with Gasteiger partial charge in [-0.1, -0.05) is 194 Å². The minimum absolute atomic E-state index is 0.620. The van der Waals surface area contributed by atoms with E-state index in [9.17, 15) is 0 Å². The van der Waals surface area contributed by atoms with Crippen LogP contribution in [0.1, 0.15) is 0 Å². The summed E-state index contributed by atoms with van der Waals surface area (Å²) in [7, 11) is -7.08. The SMILES string of the molecule is O=P(c1ccccc1)(c1ccccc1)c1cc(-c2c3ccc4ccccc4c3nc3c2ccc2ccccc23)cc(P(=O)(c2ccccc2)c2ccccc2)c1. The van der Waals surface area contributed by atoms with Crippen molar-refractivity contribution in [2.24, 2.45) is 0 Å². The average molecular weight is 756 g/mol. The third-order valence-electron chi connectivity index (χ3n) is 11.0.